The topological polar surface area (TPSA) is 99.2 Å². The van der Waals surface area contributed by atoms with Crippen LogP contribution in [0.3, 0.4) is 0 Å². The Balaban J connectivity index is 2.05. The Hall–Kier alpha value is -2.18. The summed E-state index contributed by atoms with van der Waals surface area (Å²) in [5.41, 5.74) is 0. The van der Waals surface area contributed by atoms with E-state index in [2.05, 4.69) is 15.2 Å². The van der Waals surface area contributed by atoms with Crippen molar-refractivity contribution in [2.75, 3.05) is 7.05 Å². The van der Waals surface area contributed by atoms with Crippen molar-refractivity contribution in [1.29, 1.82) is 0 Å². The Morgan fingerprint density at radius 3 is 2.68 bits per heavy atom. The second kappa shape index (κ2) is 5.64. The summed E-state index contributed by atoms with van der Waals surface area (Å²) in [7, 11) is 1.64. The van der Waals surface area contributed by atoms with Gasteiger partial charge in [0.25, 0.3) is 0 Å². The van der Waals surface area contributed by atoms with Crippen molar-refractivity contribution in [2.24, 2.45) is 11.8 Å². The SMILES string of the molecule is CN(Cc1ncn[nH]1)C(=O)C1CC=CCC1C(=O)O. The monoisotopic (exact) mass is 264 g/mol. The number of aromatic nitrogens is 3. The number of carboxylic acids is 1. The van der Waals surface area contributed by atoms with Gasteiger partial charge in [0.05, 0.1) is 18.4 Å². The molecule has 2 unspecified atom stereocenters. The number of carbonyl (C=O) groups is 2. The number of aromatic amines is 1. The molecule has 7 heteroatoms. The predicted octanol–water partition coefficient (Wildman–Crippen LogP) is 0.430. The van der Waals surface area contributed by atoms with Gasteiger partial charge in [-0.15, -0.1) is 0 Å². The maximum atomic E-state index is 12.3. The lowest BCUT2D eigenvalue weighted by atomic mass is 9.82. The molecule has 0 radical (unpaired) electrons. The maximum absolute atomic E-state index is 12.3. The molecule has 1 aromatic rings. The quantitative estimate of drug-likeness (QED) is 0.768. The number of carbonyl (C=O) groups excluding carboxylic acids is 1. The maximum Gasteiger partial charge on any atom is 0.307 e. The summed E-state index contributed by atoms with van der Waals surface area (Å²) in [5.74, 6) is -1.66. The first-order valence-corrected chi connectivity index (χ1v) is 6.06. The van der Waals surface area contributed by atoms with Crippen molar-refractivity contribution in [2.45, 2.75) is 19.4 Å². The fourth-order valence-electron chi connectivity index (χ4n) is 2.25. The summed E-state index contributed by atoms with van der Waals surface area (Å²) in [6.07, 6.45) is 5.93. The zero-order valence-electron chi connectivity index (χ0n) is 10.6. The lowest BCUT2D eigenvalue weighted by Gasteiger charge is -2.28. The highest BCUT2D eigenvalue weighted by atomic mass is 16.4. The molecule has 1 aromatic heterocycles. The third kappa shape index (κ3) is 2.98. The first-order chi connectivity index (χ1) is 9.09. The van der Waals surface area contributed by atoms with Gasteiger partial charge < -0.3 is 10.0 Å². The molecule has 102 valence electrons. The highest BCUT2D eigenvalue weighted by molar-refractivity contribution is 5.85. The van der Waals surface area contributed by atoms with Gasteiger partial charge in [0.2, 0.25) is 5.91 Å². The third-order valence-electron chi connectivity index (χ3n) is 3.29. The number of nitrogens with one attached hydrogen (secondary N) is 1. The highest BCUT2D eigenvalue weighted by Crippen LogP contribution is 2.27. The number of nitrogens with zero attached hydrogens (tertiary/aromatic N) is 3. The van der Waals surface area contributed by atoms with E-state index in [1.54, 1.807) is 7.05 Å². The predicted molar refractivity (Wildman–Crippen MR) is 65.8 cm³/mol. The average molecular weight is 264 g/mol. The van der Waals surface area contributed by atoms with E-state index in [-0.39, 0.29) is 5.91 Å². The van der Waals surface area contributed by atoms with Gasteiger partial charge in [0, 0.05) is 7.05 Å². The Morgan fingerprint density at radius 1 is 1.42 bits per heavy atom. The average Bonchev–Trinajstić information content (AvgIpc) is 2.90. The minimum absolute atomic E-state index is 0.173. The summed E-state index contributed by atoms with van der Waals surface area (Å²) >= 11 is 0. The van der Waals surface area contributed by atoms with E-state index in [0.29, 0.717) is 25.2 Å². The van der Waals surface area contributed by atoms with Crippen molar-refractivity contribution in [3.05, 3.63) is 24.3 Å². The molecule has 1 aliphatic rings. The van der Waals surface area contributed by atoms with Gasteiger partial charge >= 0.3 is 5.97 Å². The molecular weight excluding hydrogens is 248 g/mol. The number of H-pyrrole nitrogens is 1. The molecule has 1 amide bonds. The molecule has 19 heavy (non-hydrogen) atoms. The number of rotatable bonds is 4. The van der Waals surface area contributed by atoms with Gasteiger partial charge in [-0.2, -0.15) is 5.10 Å². The number of hydrogen-bond acceptors (Lipinski definition) is 4. The molecular formula is C12H16N4O3. The van der Waals surface area contributed by atoms with Crippen LogP contribution < -0.4 is 0 Å². The van der Waals surface area contributed by atoms with Crippen LogP contribution in [0.15, 0.2) is 18.5 Å². The first-order valence-electron chi connectivity index (χ1n) is 6.06. The second-order valence-corrected chi connectivity index (χ2v) is 4.62. The lowest BCUT2D eigenvalue weighted by molar-refractivity contribution is -0.150. The largest absolute Gasteiger partial charge is 0.481 e. The molecule has 2 rings (SSSR count). The molecule has 7 nitrogen and oxygen atoms in total. The fourth-order valence-corrected chi connectivity index (χ4v) is 2.25. The van der Waals surface area contributed by atoms with Crippen LogP contribution in [-0.4, -0.2) is 44.1 Å². The summed E-state index contributed by atoms with van der Waals surface area (Å²) in [6, 6.07) is 0. The molecule has 0 spiro atoms. The van der Waals surface area contributed by atoms with E-state index in [4.69, 9.17) is 5.11 Å². The van der Waals surface area contributed by atoms with E-state index in [9.17, 15) is 9.59 Å². The van der Waals surface area contributed by atoms with Crippen molar-refractivity contribution >= 4 is 11.9 Å². The van der Waals surface area contributed by atoms with Gasteiger partial charge in [0.15, 0.2) is 0 Å². The van der Waals surface area contributed by atoms with E-state index in [1.807, 2.05) is 12.2 Å². The molecule has 0 saturated carbocycles. The zero-order valence-corrected chi connectivity index (χ0v) is 10.6. The van der Waals surface area contributed by atoms with Crippen LogP contribution in [0.5, 0.6) is 0 Å². The molecule has 1 aliphatic carbocycles. The molecule has 0 aliphatic heterocycles. The van der Waals surface area contributed by atoms with Gasteiger partial charge in [-0.25, -0.2) is 4.98 Å². The van der Waals surface area contributed by atoms with E-state index in [1.165, 1.54) is 11.2 Å². The lowest BCUT2D eigenvalue weighted by Crippen LogP contribution is -2.39. The van der Waals surface area contributed by atoms with Gasteiger partial charge in [-0.3, -0.25) is 14.7 Å². The summed E-state index contributed by atoms with van der Waals surface area (Å²) in [5, 5.41) is 15.5. The van der Waals surface area contributed by atoms with Crippen molar-refractivity contribution < 1.29 is 14.7 Å². The Labute approximate surface area is 110 Å². The summed E-state index contributed by atoms with van der Waals surface area (Å²) in [4.78, 5) is 28.9. The fraction of sp³-hybridized carbons (Fsp3) is 0.500. The summed E-state index contributed by atoms with van der Waals surface area (Å²) < 4.78 is 0. The van der Waals surface area contributed by atoms with E-state index < -0.39 is 17.8 Å². The van der Waals surface area contributed by atoms with Crippen LogP contribution in [-0.2, 0) is 16.1 Å². The number of amides is 1. The van der Waals surface area contributed by atoms with Crippen LogP contribution in [0.4, 0.5) is 0 Å². The van der Waals surface area contributed by atoms with E-state index >= 15 is 0 Å². The van der Waals surface area contributed by atoms with Gasteiger partial charge in [-0.05, 0) is 12.8 Å². The molecule has 0 saturated heterocycles. The zero-order chi connectivity index (χ0) is 13.8. The minimum Gasteiger partial charge on any atom is -0.481 e. The Morgan fingerprint density at radius 2 is 2.11 bits per heavy atom. The summed E-state index contributed by atoms with van der Waals surface area (Å²) in [6.45, 7) is 0.297. The number of hydrogen-bond donors (Lipinski definition) is 2. The standard InChI is InChI=1S/C12H16N4O3/c1-16(6-10-13-7-14-15-10)11(17)8-4-2-3-5-9(8)12(18)19/h2-3,7-9H,4-6H2,1H3,(H,18,19)(H,13,14,15). The first kappa shape index (κ1) is 13.3. The molecule has 1 heterocycles. The van der Waals surface area contributed by atoms with Gasteiger partial charge in [0.1, 0.15) is 12.2 Å². The van der Waals surface area contributed by atoms with Crippen LogP contribution >= 0.6 is 0 Å². The van der Waals surface area contributed by atoms with Crippen molar-refractivity contribution in [3.8, 4) is 0 Å². The molecule has 2 N–H and O–H groups in total. The van der Waals surface area contributed by atoms with Gasteiger partial charge in [-0.1, -0.05) is 12.2 Å². The smallest absolute Gasteiger partial charge is 0.307 e. The Bertz CT molecular complexity index is 483. The third-order valence-corrected chi connectivity index (χ3v) is 3.29. The number of allylic oxidation sites excluding steroid dienone is 2. The number of aliphatic carboxylic acids is 1. The number of carboxylic acid groups (broad SMARTS) is 1. The van der Waals surface area contributed by atoms with Crippen LogP contribution in [0.25, 0.3) is 0 Å². The van der Waals surface area contributed by atoms with E-state index in [0.717, 1.165) is 0 Å². The minimum atomic E-state index is -0.921. The molecule has 0 aromatic carbocycles. The highest BCUT2D eigenvalue weighted by Gasteiger charge is 2.35. The van der Waals surface area contributed by atoms with Crippen LogP contribution in [0.2, 0.25) is 0 Å². The molecule has 0 bridgehead atoms. The van der Waals surface area contributed by atoms with Crippen molar-refractivity contribution in [3.63, 3.8) is 0 Å². The molecule has 0 fully saturated rings. The van der Waals surface area contributed by atoms with Crippen molar-refractivity contribution in [1.82, 2.24) is 20.1 Å². The second-order valence-electron chi connectivity index (χ2n) is 4.62. The van der Waals surface area contributed by atoms with Crippen LogP contribution in [0.1, 0.15) is 18.7 Å². The van der Waals surface area contributed by atoms with Crippen LogP contribution in [0, 0.1) is 11.8 Å². The molecule has 2 atom stereocenters. The Kier molecular flexibility index (Phi) is 3.94. The normalized spacial score (nSPS) is 22.2.